The van der Waals surface area contributed by atoms with Gasteiger partial charge in [0.2, 0.25) is 0 Å². The Bertz CT molecular complexity index is 485. The van der Waals surface area contributed by atoms with Crippen LogP contribution in [0.4, 0.5) is 9.18 Å². The molecule has 17 heavy (non-hydrogen) atoms. The van der Waals surface area contributed by atoms with Gasteiger partial charge in [0.1, 0.15) is 5.82 Å². The Morgan fingerprint density at radius 2 is 1.88 bits per heavy atom. The molecule has 0 unspecified atom stereocenters. The topological polar surface area (TPSA) is 75.3 Å². The van der Waals surface area contributed by atoms with Gasteiger partial charge in [-0.15, -0.1) is 0 Å². The van der Waals surface area contributed by atoms with Gasteiger partial charge < -0.3 is 5.32 Å². The van der Waals surface area contributed by atoms with Crippen LogP contribution in [0.3, 0.4) is 0 Å². The van der Waals surface area contributed by atoms with Crippen LogP contribution in [-0.2, 0) is 10.0 Å². The molecule has 0 spiro atoms. The number of halogens is 1. The molecule has 2 amide bonds. The normalized spacial score (nSPS) is 10.9. The zero-order valence-corrected chi connectivity index (χ0v) is 10.1. The Hall–Kier alpha value is -1.63. The molecule has 94 valence electrons. The molecule has 2 N–H and O–H groups in total. The molecule has 0 atom stereocenters. The van der Waals surface area contributed by atoms with Crippen LogP contribution < -0.4 is 10.0 Å². The van der Waals surface area contributed by atoms with Crippen LogP contribution in [0.1, 0.15) is 13.3 Å². The predicted octanol–water partition coefficient (Wildman–Crippen LogP) is 1.22. The highest BCUT2D eigenvalue weighted by Crippen LogP contribution is 2.09. The molecule has 0 fully saturated rings. The van der Waals surface area contributed by atoms with Crippen molar-refractivity contribution in [1.29, 1.82) is 0 Å². The molecule has 1 rings (SSSR count). The molecule has 0 heterocycles. The van der Waals surface area contributed by atoms with Gasteiger partial charge >= 0.3 is 6.03 Å². The number of rotatable bonds is 4. The molecular weight excluding hydrogens is 247 g/mol. The summed E-state index contributed by atoms with van der Waals surface area (Å²) >= 11 is 0. The maximum Gasteiger partial charge on any atom is 0.328 e. The fourth-order valence-corrected chi connectivity index (χ4v) is 2.00. The van der Waals surface area contributed by atoms with Crippen molar-refractivity contribution in [3.05, 3.63) is 30.1 Å². The van der Waals surface area contributed by atoms with E-state index >= 15 is 0 Å². The maximum absolute atomic E-state index is 12.6. The molecule has 0 radical (unpaired) electrons. The van der Waals surface area contributed by atoms with Crippen molar-refractivity contribution in [3.8, 4) is 0 Å². The summed E-state index contributed by atoms with van der Waals surface area (Å²) in [6.07, 6.45) is 0.698. The number of urea groups is 1. The largest absolute Gasteiger partial charge is 0.337 e. The van der Waals surface area contributed by atoms with E-state index in [1.807, 2.05) is 11.6 Å². The Kier molecular flexibility index (Phi) is 4.45. The van der Waals surface area contributed by atoms with Gasteiger partial charge in [-0.25, -0.2) is 22.3 Å². The lowest BCUT2D eigenvalue weighted by molar-refractivity contribution is 0.246. The highest BCUT2D eigenvalue weighted by Gasteiger charge is 2.16. The van der Waals surface area contributed by atoms with Crippen LogP contribution in [0.15, 0.2) is 29.2 Å². The van der Waals surface area contributed by atoms with E-state index in [-0.39, 0.29) is 4.90 Å². The molecule has 0 aliphatic carbocycles. The van der Waals surface area contributed by atoms with Crippen molar-refractivity contribution in [2.75, 3.05) is 6.54 Å². The lowest BCUT2D eigenvalue weighted by Crippen LogP contribution is -2.39. The Balaban J connectivity index is 2.75. The average molecular weight is 260 g/mol. The summed E-state index contributed by atoms with van der Waals surface area (Å²) in [5.41, 5.74) is 0. The van der Waals surface area contributed by atoms with E-state index in [0.29, 0.717) is 13.0 Å². The molecule has 1 aromatic rings. The summed E-state index contributed by atoms with van der Waals surface area (Å²) in [5.74, 6) is -0.542. The van der Waals surface area contributed by atoms with Gasteiger partial charge in [-0.1, -0.05) is 6.92 Å². The fourth-order valence-electron chi connectivity index (χ4n) is 1.07. The standard InChI is InChI=1S/C10H13FN2O3S/c1-2-7-12-10(14)13-17(15,16)9-5-3-8(11)4-6-9/h3-6H,2,7H2,1H3,(H2,12,13,14). The number of carbonyl (C=O) groups excluding carboxylic acids is 1. The first-order valence-electron chi connectivity index (χ1n) is 5.02. The van der Waals surface area contributed by atoms with Crippen LogP contribution in [0.5, 0.6) is 0 Å². The minimum absolute atomic E-state index is 0.162. The Morgan fingerprint density at radius 1 is 1.29 bits per heavy atom. The summed E-state index contributed by atoms with van der Waals surface area (Å²) in [6.45, 7) is 2.22. The van der Waals surface area contributed by atoms with Gasteiger partial charge in [0.25, 0.3) is 10.0 Å². The van der Waals surface area contributed by atoms with Crippen LogP contribution in [0.2, 0.25) is 0 Å². The third-order valence-corrected chi connectivity index (χ3v) is 3.23. The quantitative estimate of drug-likeness (QED) is 0.854. The van der Waals surface area contributed by atoms with Crippen molar-refractivity contribution in [3.63, 3.8) is 0 Å². The summed E-state index contributed by atoms with van der Waals surface area (Å²) in [7, 11) is -3.94. The zero-order chi connectivity index (χ0) is 12.9. The molecule has 5 nitrogen and oxygen atoms in total. The van der Waals surface area contributed by atoms with Crippen LogP contribution >= 0.6 is 0 Å². The lowest BCUT2D eigenvalue weighted by atomic mass is 10.4. The summed E-state index contributed by atoms with van der Waals surface area (Å²) in [6, 6.07) is 3.41. The molecule has 0 aliphatic heterocycles. The second kappa shape index (κ2) is 5.62. The van der Waals surface area contributed by atoms with Gasteiger partial charge in [-0.3, -0.25) is 0 Å². The monoisotopic (exact) mass is 260 g/mol. The summed E-state index contributed by atoms with van der Waals surface area (Å²) < 4.78 is 37.7. The second-order valence-corrected chi connectivity index (χ2v) is 5.00. The molecule has 7 heteroatoms. The molecular formula is C10H13FN2O3S. The molecule has 1 aromatic carbocycles. The van der Waals surface area contributed by atoms with E-state index in [1.54, 1.807) is 0 Å². The second-order valence-electron chi connectivity index (χ2n) is 3.32. The van der Waals surface area contributed by atoms with Crippen molar-refractivity contribution >= 4 is 16.1 Å². The van der Waals surface area contributed by atoms with E-state index in [0.717, 1.165) is 24.3 Å². The van der Waals surface area contributed by atoms with Crippen LogP contribution in [0.25, 0.3) is 0 Å². The number of carbonyl (C=O) groups is 1. The van der Waals surface area contributed by atoms with E-state index in [2.05, 4.69) is 5.32 Å². The van der Waals surface area contributed by atoms with Gasteiger partial charge in [-0.2, -0.15) is 0 Å². The fraction of sp³-hybridized carbons (Fsp3) is 0.300. The first-order chi connectivity index (χ1) is 7.95. The third kappa shape index (κ3) is 4.03. The summed E-state index contributed by atoms with van der Waals surface area (Å²) in [5, 5.41) is 2.37. The van der Waals surface area contributed by atoms with Crippen molar-refractivity contribution in [2.24, 2.45) is 0 Å². The first kappa shape index (κ1) is 13.4. The highest BCUT2D eigenvalue weighted by molar-refractivity contribution is 7.90. The minimum Gasteiger partial charge on any atom is -0.337 e. The minimum atomic E-state index is -3.94. The maximum atomic E-state index is 12.6. The van der Waals surface area contributed by atoms with Gasteiger partial charge in [0, 0.05) is 6.54 Å². The van der Waals surface area contributed by atoms with E-state index in [4.69, 9.17) is 0 Å². The van der Waals surface area contributed by atoms with Crippen LogP contribution in [0, 0.1) is 5.82 Å². The van der Waals surface area contributed by atoms with Gasteiger partial charge in [-0.05, 0) is 30.7 Å². The molecule has 0 aromatic heterocycles. The molecule has 0 bridgehead atoms. The smallest absolute Gasteiger partial charge is 0.328 e. The van der Waals surface area contributed by atoms with Crippen molar-refractivity contribution < 1.29 is 17.6 Å². The van der Waals surface area contributed by atoms with Crippen molar-refractivity contribution in [1.82, 2.24) is 10.0 Å². The molecule has 0 aliphatic rings. The predicted molar refractivity (Wildman–Crippen MR) is 60.4 cm³/mol. The highest BCUT2D eigenvalue weighted by atomic mass is 32.2. The number of benzene rings is 1. The summed E-state index contributed by atoms with van der Waals surface area (Å²) in [4.78, 5) is 11.0. The first-order valence-corrected chi connectivity index (χ1v) is 6.50. The SMILES string of the molecule is CCCNC(=O)NS(=O)(=O)c1ccc(F)cc1. The zero-order valence-electron chi connectivity index (χ0n) is 9.23. The van der Waals surface area contributed by atoms with Gasteiger partial charge in [0.05, 0.1) is 4.90 Å². The average Bonchev–Trinajstić information content (AvgIpc) is 2.26. The van der Waals surface area contributed by atoms with Gasteiger partial charge in [0.15, 0.2) is 0 Å². The number of amides is 2. The molecule has 0 saturated carbocycles. The van der Waals surface area contributed by atoms with E-state index < -0.39 is 21.9 Å². The Labute approximate surface area is 99.1 Å². The molecule has 0 saturated heterocycles. The number of nitrogens with one attached hydrogen (secondary N) is 2. The lowest BCUT2D eigenvalue weighted by Gasteiger charge is -2.07. The van der Waals surface area contributed by atoms with E-state index in [9.17, 15) is 17.6 Å². The Morgan fingerprint density at radius 3 is 2.41 bits per heavy atom. The van der Waals surface area contributed by atoms with Crippen molar-refractivity contribution in [2.45, 2.75) is 18.2 Å². The number of hydrogen-bond donors (Lipinski definition) is 2. The van der Waals surface area contributed by atoms with E-state index in [1.165, 1.54) is 0 Å². The third-order valence-electron chi connectivity index (χ3n) is 1.89. The number of hydrogen-bond acceptors (Lipinski definition) is 3. The van der Waals surface area contributed by atoms with Crippen LogP contribution in [-0.4, -0.2) is 21.0 Å². The number of sulfonamides is 1.